The number of halogens is 1. The monoisotopic (exact) mass is 227 g/mol. The Morgan fingerprint density at radius 2 is 2.08 bits per heavy atom. The van der Waals surface area contributed by atoms with Gasteiger partial charge in [0.25, 0.3) is 0 Å². The Bertz CT molecular complexity index is 271. The van der Waals surface area contributed by atoms with Crippen LogP contribution < -0.4 is 0 Å². The van der Waals surface area contributed by atoms with Crippen LogP contribution in [-0.4, -0.2) is 4.98 Å². The summed E-state index contributed by atoms with van der Waals surface area (Å²) in [6.45, 7) is 6.28. The molecular formula is C10H14BrN. The average molecular weight is 228 g/mol. The van der Waals surface area contributed by atoms with Crippen molar-refractivity contribution in [3.05, 3.63) is 29.1 Å². The molecule has 0 N–H and O–H groups in total. The van der Waals surface area contributed by atoms with Crippen molar-refractivity contribution in [2.45, 2.75) is 32.0 Å². The van der Waals surface area contributed by atoms with Crippen molar-refractivity contribution >= 4 is 15.9 Å². The Labute approximate surface area is 82.3 Å². The van der Waals surface area contributed by atoms with E-state index in [-0.39, 0.29) is 0 Å². The van der Waals surface area contributed by atoms with Gasteiger partial charge in [0, 0.05) is 5.69 Å². The first-order valence-corrected chi connectivity index (χ1v) is 5.15. The highest BCUT2D eigenvalue weighted by molar-refractivity contribution is 9.09. The van der Waals surface area contributed by atoms with Crippen molar-refractivity contribution in [3.63, 3.8) is 0 Å². The van der Waals surface area contributed by atoms with Crippen LogP contribution in [0.3, 0.4) is 0 Å². The van der Waals surface area contributed by atoms with Gasteiger partial charge in [-0.3, -0.25) is 4.98 Å². The maximum Gasteiger partial charge on any atom is 0.0565 e. The highest BCUT2D eigenvalue weighted by Crippen LogP contribution is 2.24. The molecule has 0 aliphatic carbocycles. The number of rotatable bonds is 2. The fraction of sp³-hybridized carbons (Fsp3) is 0.500. The van der Waals surface area contributed by atoms with Gasteiger partial charge in [-0.2, -0.15) is 0 Å². The fourth-order valence-electron chi connectivity index (χ4n) is 1.03. The number of aryl methyl sites for hydroxylation is 2. The molecule has 1 aromatic rings. The van der Waals surface area contributed by atoms with Crippen LogP contribution in [0.25, 0.3) is 0 Å². The molecule has 1 aromatic heterocycles. The van der Waals surface area contributed by atoms with Crippen LogP contribution in [0.2, 0.25) is 0 Å². The minimum absolute atomic E-state index is 0.400. The first-order valence-electron chi connectivity index (χ1n) is 4.23. The van der Waals surface area contributed by atoms with Gasteiger partial charge in [-0.25, -0.2) is 0 Å². The van der Waals surface area contributed by atoms with Gasteiger partial charge >= 0.3 is 0 Å². The van der Waals surface area contributed by atoms with Gasteiger partial charge in [0.15, 0.2) is 0 Å². The number of hydrogen-bond acceptors (Lipinski definition) is 1. The van der Waals surface area contributed by atoms with E-state index in [4.69, 9.17) is 0 Å². The maximum absolute atomic E-state index is 4.50. The molecule has 0 saturated heterocycles. The van der Waals surface area contributed by atoms with Gasteiger partial charge in [0.05, 0.1) is 10.5 Å². The summed E-state index contributed by atoms with van der Waals surface area (Å²) in [6.07, 6.45) is 1.08. The quantitative estimate of drug-likeness (QED) is 0.705. The first-order chi connectivity index (χ1) is 5.65. The van der Waals surface area contributed by atoms with Crippen LogP contribution >= 0.6 is 15.9 Å². The van der Waals surface area contributed by atoms with Crippen LogP contribution in [-0.2, 0) is 0 Å². The summed E-state index contributed by atoms with van der Waals surface area (Å²) >= 11 is 3.58. The number of nitrogens with zero attached hydrogens (tertiary/aromatic N) is 1. The molecule has 66 valence electrons. The first kappa shape index (κ1) is 9.72. The van der Waals surface area contributed by atoms with E-state index in [0.717, 1.165) is 17.8 Å². The normalized spacial score (nSPS) is 13.0. The lowest BCUT2D eigenvalue weighted by molar-refractivity contribution is 0.862. The SMILES string of the molecule is CCC(Br)c1ccc(C)c(C)n1. The Morgan fingerprint density at radius 3 is 2.58 bits per heavy atom. The lowest BCUT2D eigenvalue weighted by Gasteiger charge is -2.07. The topological polar surface area (TPSA) is 12.9 Å². The van der Waals surface area contributed by atoms with E-state index in [0.29, 0.717) is 4.83 Å². The van der Waals surface area contributed by atoms with Crippen molar-refractivity contribution in [3.8, 4) is 0 Å². The van der Waals surface area contributed by atoms with Crippen LogP contribution in [0.1, 0.15) is 35.1 Å². The molecule has 0 fully saturated rings. The molecule has 1 heterocycles. The molecular weight excluding hydrogens is 214 g/mol. The highest BCUT2D eigenvalue weighted by Gasteiger charge is 2.06. The lowest BCUT2D eigenvalue weighted by atomic mass is 10.1. The zero-order valence-corrected chi connectivity index (χ0v) is 9.35. The van der Waals surface area contributed by atoms with Crippen molar-refractivity contribution < 1.29 is 0 Å². The van der Waals surface area contributed by atoms with Crippen molar-refractivity contribution in [1.29, 1.82) is 0 Å². The molecule has 12 heavy (non-hydrogen) atoms. The fourth-order valence-corrected chi connectivity index (χ4v) is 1.29. The van der Waals surface area contributed by atoms with Gasteiger partial charge in [-0.1, -0.05) is 28.9 Å². The summed E-state index contributed by atoms with van der Waals surface area (Å²) in [4.78, 5) is 4.90. The molecule has 0 bridgehead atoms. The molecule has 1 nitrogen and oxygen atoms in total. The van der Waals surface area contributed by atoms with E-state index in [9.17, 15) is 0 Å². The van der Waals surface area contributed by atoms with Crippen LogP contribution in [0, 0.1) is 13.8 Å². The largest absolute Gasteiger partial charge is 0.257 e. The molecule has 0 radical (unpaired) electrons. The standard InChI is InChI=1S/C10H14BrN/c1-4-9(11)10-6-5-7(2)8(3)12-10/h5-6,9H,4H2,1-3H3. The second-order valence-electron chi connectivity index (χ2n) is 3.01. The number of aromatic nitrogens is 1. The Hall–Kier alpha value is -0.370. The highest BCUT2D eigenvalue weighted by atomic mass is 79.9. The van der Waals surface area contributed by atoms with Crippen LogP contribution in [0.5, 0.6) is 0 Å². The Balaban J connectivity index is 2.96. The number of pyridine rings is 1. The molecule has 2 heteroatoms. The second kappa shape index (κ2) is 4.04. The molecule has 0 aliphatic rings. The molecule has 0 aliphatic heterocycles. The van der Waals surface area contributed by atoms with Gasteiger partial charge in [0.2, 0.25) is 0 Å². The Morgan fingerprint density at radius 1 is 1.42 bits per heavy atom. The van der Waals surface area contributed by atoms with E-state index in [1.165, 1.54) is 5.56 Å². The van der Waals surface area contributed by atoms with E-state index in [1.807, 2.05) is 6.92 Å². The average Bonchev–Trinajstić information content (AvgIpc) is 2.08. The van der Waals surface area contributed by atoms with Gasteiger partial charge in [-0.15, -0.1) is 0 Å². The molecule has 0 amide bonds. The molecule has 0 spiro atoms. The molecule has 1 rings (SSSR count). The van der Waals surface area contributed by atoms with Crippen molar-refractivity contribution in [2.75, 3.05) is 0 Å². The van der Waals surface area contributed by atoms with Gasteiger partial charge in [-0.05, 0) is 31.9 Å². The van der Waals surface area contributed by atoms with Crippen LogP contribution in [0.4, 0.5) is 0 Å². The predicted molar refractivity (Wildman–Crippen MR) is 55.7 cm³/mol. The summed E-state index contributed by atoms with van der Waals surface area (Å²) in [5.74, 6) is 0. The molecule has 0 aromatic carbocycles. The minimum Gasteiger partial charge on any atom is -0.257 e. The number of hydrogen-bond donors (Lipinski definition) is 0. The zero-order valence-electron chi connectivity index (χ0n) is 7.76. The third-order valence-electron chi connectivity index (χ3n) is 2.05. The second-order valence-corrected chi connectivity index (χ2v) is 4.12. The van der Waals surface area contributed by atoms with Crippen LogP contribution in [0.15, 0.2) is 12.1 Å². The predicted octanol–water partition coefficient (Wildman–Crippen LogP) is 3.54. The van der Waals surface area contributed by atoms with Gasteiger partial charge < -0.3 is 0 Å². The van der Waals surface area contributed by atoms with Gasteiger partial charge in [0.1, 0.15) is 0 Å². The summed E-state index contributed by atoms with van der Waals surface area (Å²) in [6, 6.07) is 4.22. The maximum atomic E-state index is 4.50. The van der Waals surface area contributed by atoms with Crippen molar-refractivity contribution in [2.24, 2.45) is 0 Å². The summed E-state index contributed by atoms with van der Waals surface area (Å²) in [7, 11) is 0. The minimum atomic E-state index is 0.400. The zero-order chi connectivity index (χ0) is 9.14. The smallest absolute Gasteiger partial charge is 0.0565 e. The van der Waals surface area contributed by atoms with Crippen molar-refractivity contribution in [1.82, 2.24) is 4.98 Å². The third-order valence-corrected chi connectivity index (χ3v) is 3.17. The molecule has 1 unspecified atom stereocenters. The van der Waals surface area contributed by atoms with E-state index < -0.39 is 0 Å². The summed E-state index contributed by atoms with van der Waals surface area (Å²) in [5.41, 5.74) is 3.53. The number of alkyl halides is 1. The lowest BCUT2D eigenvalue weighted by Crippen LogP contribution is -1.95. The third kappa shape index (κ3) is 2.07. The van der Waals surface area contributed by atoms with E-state index >= 15 is 0 Å². The molecule has 0 saturated carbocycles. The van der Waals surface area contributed by atoms with E-state index in [2.05, 4.69) is 46.9 Å². The Kier molecular flexibility index (Phi) is 3.27. The summed E-state index contributed by atoms with van der Waals surface area (Å²) < 4.78 is 0. The summed E-state index contributed by atoms with van der Waals surface area (Å²) in [5, 5.41) is 0. The van der Waals surface area contributed by atoms with E-state index in [1.54, 1.807) is 0 Å². The molecule has 1 atom stereocenters.